The highest BCUT2D eigenvalue weighted by Gasteiger charge is 2.14. The molecule has 0 unspecified atom stereocenters. The molecule has 0 saturated carbocycles. The van der Waals surface area contributed by atoms with Crippen LogP contribution in [0, 0.1) is 0 Å². The van der Waals surface area contributed by atoms with Gasteiger partial charge in [0.1, 0.15) is 11.5 Å². The maximum absolute atomic E-state index is 12.2. The van der Waals surface area contributed by atoms with Crippen molar-refractivity contribution in [1.29, 1.82) is 0 Å². The van der Waals surface area contributed by atoms with Crippen LogP contribution in [0.2, 0.25) is 5.02 Å². The second kappa shape index (κ2) is 7.67. The Labute approximate surface area is 154 Å². The molecule has 1 amide bonds. The molecule has 0 spiro atoms. The third-order valence-electron chi connectivity index (χ3n) is 3.54. The zero-order valence-electron chi connectivity index (χ0n) is 13.4. The van der Waals surface area contributed by atoms with Gasteiger partial charge in [-0.15, -0.1) is 0 Å². The zero-order chi connectivity index (χ0) is 18.5. The molecule has 0 aliphatic carbocycles. The van der Waals surface area contributed by atoms with Crippen LogP contribution in [0.5, 0.6) is 0 Å². The molecule has 0 atom stereocenters. The highest BCUT2D eigenvalue weighted by Crippen LogP contribution is 2.25. The molecule has 0 aliphatic heterocycles. The van der Waals surface area contributed by atoms with E-state index in [9.17, 15) is 14.7 Å². The molecule has 0 aliphatic rings. The maximum atomic E-state index is 12.2. The van der Waals surface area contributed by atoms with Gasteiger partial charge in [-0.1, -0.05) is 41.9 Å². The number of amides is 1. The van der Waals surface area contributed by atoms with Gasteiger partial charge in [-0.05, 0) is 30.3 Å². The Bertz CT molecular complexity index is 980. The quantitative estimate of drug-likeness (QED) is 0.600. The standard InChI is InChI=1S/C19H14ClN3O3/c20-15-9-5-4-8-14(15)17-21-11-13(22-17)10-16(19(25)26)23-18(24)12-6-2-1-3-7-12/h1-11H,(H,21,22)(H,23,24)(H,25,26). The third kappa shape index (κ3) is 3.99. The fourth-order valence-electron chi connectivity index (χ4n) is 2.29. The van der Waals surface area contributed by atoms with Gasteiger partial charge in [0, 0.05) is 11.1 Å². The maximum Gasteiger partial charge on any atom is 0.352 e. The number of carbonyl (C=O) groups is 2. The largest absolute Gasteiger partial charge is 0.477 e. The van der Waals surface area contributed by atoms with Gasteiger partial charge in [-0.3, -0.25) is 4.79 Å². The first-order chi connectivity index (χ1) is 12.5. The molecular weight excluding hydrogens is 354 g/mol. The first kappa shape index (κ1) is 17.4. The molecule has 2 aromatic carbocycles. The summed E-state index contributed by atoms with van der Waals surface area (Å²) in [6.45, 7) is 0. The first-order valence-corrected chi connectivity index (χ1v) is 8.03. The minimum atomic E-state index is -1.26. The molecule has 3 N–H and O–H groups in total. The number of H-pyrrole nitrogens is 1. The molecule has 0 radical (unpaired) electrons. The number of halogens is 1. The van der Waals surface area contributed by atoms with Crippen molar-refractivity contribution < 1.29 is 14.7 Å². The minimum absolute atomic E-state index is 0.270. The van der Waals surface area contributed by atoms with E-state index >= 15 is 0 Å². The van der Waals surface area contributed by atoms with Gasteiger partial charge in [0.15, 0.2) is 0 Å². The van der Waals surface area contributed by atoms with E-state index in [-0.39, 0.29) is 5.70 Å². The van der Waals surface area contributed by atoms with Crippen LogP contribution in [0.15, 0.2) is 66.5 Å². The lowest BCUT2D eigenvalue weighted by Crippen LogP contribution is -2.27. The lowest BCUT2D eigenvalue weighted by molar-refractivity contribution is -0.132. The van der Waals surface area contributed by atoms with Gasteiger partial charge in [0.25, 0.3) is 5.91 Å². The van der Waals surface area contributed by atoms with Crippen LogP contribution in [0.3, 0.4) is 0 Å². The van der Waals surface area contributed by atoms with Crippen molar-refractivity contribution >= 4 is 29.6 Å². The minimum Gasteiger partial charge on any atom is -0.477 e. The van der Waals surface area contributed by atoms with Gasteiger partial charge in [0.2, 0.25) is 0 Å². The number of imidazole rings is 1. The second-order valence-corrected chi connectivity index (χ2v) is 5.76. The number of aromatic amines is 1. The molecule has 26 heavy (non-hydrogen) atoms. The summed E-state index contributed by atoms with van der Waals surface area (Å²) in [5, 5.41) is 12.3. The van der Waals surface area contributed by atoms with Crippen LogP contribution in [0.1, 0.15) is 16.1 Å². The van der Waals surface area contributed by atoms with Crippen molar-refractivity contribution in [2.75, 3.05) is 0 Å². The highest BCUT2D eigenvalue weighted by atomic mass is 35.5. The highest BCUT2D eigenvalue weighted by molar-refractivity contribution is 6.33. The summed E-state index contributed by atoms with van der Waals surface area (Å²) in [5.41, 5.74) is 1.21. The van der Waals surface area contributed by atoms with Crippen molar-refractivity contribution in [2.45, 2.75) is 0 Å². The second-order valence-electron chi connectivity index (χ2n) is 5.35. The number of nitrogens with zero attached hydrogens (tertiary/aromatic N) is 1. The number of carbonyl (C=O) groups excluding carboxylic acids is 1. The van der Waals surface area contributed by atoms with Crippen LogP contribution in [-0.4, -0.2) is 27.0 Å². The SMILES string of the molecule is O=C(O)C(=Cc1cnc(-c2ccccc2Cl)[nH]1)NC(=O)c1ccccc1. The van der Waals surface area contributed by atoms with E-state index in [1.54, 1.807) is 48.5 Å². The number of carboxylic acids is 1. The Morgan fingerprint density at radius 1 is 1.08 bits per heavy atom. The van der Waals surface area contributed by atoms with E-state index in [2.05, 4.69) is 15.3 Å². The molecule has 0 bridgehead atoms. The molecule has 130 valence electrons. The summed E-state index contributed by atoms with van der Waals surface area (Å²) in [6, 6.07) is 15.5. The van der Waals surface area contributed by atoms with Gasteiger partial charge in [0.05, 0.1) is 16.9 Å². The van der Waals surface area contributed by atoms with Gasteiger partial charge in [-0.2, -0.15) is 0 Å². The summed E-state index contributed by atoms with van der Waals surface area (Å²) < 4.78 is 0. The lowest BCUT2D eigenvalue weighted by atomic mass is 10.2. The van der Waals surface area contributed by atoms with Gasteiger partial charge >= 0.3 is 5.97 Å². The molecular formula is C19H14ClN3O3. The summed E-state index contributed by atoms with van der Waals surface area (Å²) in [5.74, 6) is -1.27. The molecule has 1 heterocycles. The van der Waals surface area contributed by atoms with E-state index in [0.717, 1.165) is 0 Å². The fourth-order valence-corrected chi connectivity index (χ4v) is 2.51. The van der Waals surface area contributed by atoms with E-state index in [1.165, 1.54) is 12.3 Å². The average molecular weight is 368 g/mol. The Balaban J connectivity index is 1.85. The Hall–Kier alpha value is -3.38. The fraction of sp³-hybridized carbons (Fsp3) is 0. The van der Waals surface area contributed by atoms with Gasteiger partial charge < -0.3 is 15.4 Å². The van der Waals surface area contributed by atoms with Crippen molar-refractivity contribution in [2.24, 2.45) is 0 Å². The zero-order valence-corrected chi connectivity index (χ0v) is 14.2. The molecule has 0 saturated heterocycles. The van der Waals surface area contributed by atoms with Crippen LogP contribution in [0.25, 0.3) is 17.5 Å². The van der Waals surface area contributed by atoms with E-state index in [4.69, 9.17) is 11.6 Å². The topological polar surface area (TPSA) is 95.1 Å². The number of nitrogens with one attached hydrogen (secondary N) is 2. The third-order valence-corrected chi connectivity index (χ3v) is 3.87. The van der Waals surface area contributed by atoms with Crippen molar-refractivity contribution in [3.8, 4) is 11.4 Å². The number of rotatable bonds is 5. The van der Waals surface area contributed by atoms with E-state index < -0.39 is 11.9 Å². The molecule has 0 fully saturated rings. The Kier molecular flexibility index (Phi) is 5.15. The van der Waals surface area contributed by atoms with Crippen molar-refractivity contribution in [3.63, 3.8) is 0 Å². The van der Waals surface area contributed by atoms with Gasteiger partial charge in [-0.25, -0.2) is 9.78 Å². The molecule has 3 rings (SSSR count). The number of benzene rings is 2. The number of aliphatic carboxylic acids is 1. The number of aromatic nitrogens is 2. The van der Waals surface area contributed by atoms with E-state index in [1.807, 2.05) is 6.07 Å². The van der Waals surface area contributed by atoms with Crippen LogP contribution in [0.4, 0.5) is 0 Å². The number of carboxylic acid groups (broad SMARTS) is 1. The Morgan fingerprint density at radius 3 is 2.46 bits per heavy atom. The monoisotopic (exact) mass is 367 g/mol. The smallest absolute Gasteiger partial charge is 0.352 e. The van der Waals surface area contributed by atoms with Crippen molar-refractivity contribution in [1.82, 2.24) is 15.3 Å². The van der Waals surface area contributed by atoms with E-state index in [0.29, 0.717) is 27.7 Å². The normalized spacial score (nSPS) is 11.2. The predicted octanol–water partition coefficient (Wildman–Crippen LogP) is 3.59. The van der Waals surface area contributed by atoms with Crippen LogP contribution < -0.4 is 5.32 Å². The summed E-state index contributed by atoms with van der Waals surface area (Å²) in [7, 11) is 0. The summed E-state index contributed by atoms with van der Waals surface area (Å²) in [4.78, 5) is 30.8. The average Bonchev–Trinajstić information content (AvgIpc) is 3.10. The molecule has 3 aromatic rings. The van der Waals surface area contributed by atoms with Crippen LogP contribution in [-0.2, 0) is 4.79 Å². The van der Waals surface area contributed by atoms with Crippen LogP contribution >= 0.6 is 11.6 Å². The molecule has 7 heteroatoms. The number of hydrogen-bond acceptors (Lipinski definition) is 3. The molecule has 1 aromatic heterocycles. The lowest BCUT2D eigenvalue weighted by Gasteiger charge is -2.05. The first-order valence-electron chi connectivity index (χ1n) is 7.66. The summed E-state index contributed by atoms with van der Waals surface area (Å²) >= 11 is 6.13. The number of hydrogen-bond donors (Lipinski definition) is 3. The predicted molar refractivity (Wildman–Crippen MR) is 98.6 cm³/mol. The Morgan fingerprint density at radius 2 is 1.77 bits per heavy atom. The van der Waals surface area contributed by atoms with Crippen molar-refractivity contribution in [3.05, 3.63) is 82.8 Å². The molecule has 6 nitrogen and oxygen atoms in total. The summed E-state index contributed by atoms with van der Waals surface area (Å²) in [6.07, 6.45) is 2.77.